The van der Waals surface area contributed by atoms with E-state index in [9.17, 15) is 0 Å². The highest BCUT2D eigenvalue weighted by Gasteiger charge is 2.01. The van der Waals surface area contributed by atoms with Gasteiger partial charge in [0.15, 0.2) is 0 Å². The fourth-order valence-corrected chi connectivity index (χ4v) is 1.81. The highest BCUT2D eigenvalue weighted by Crippen LogP contribution is 2.14. The van der Waals surface area contributed by atoms with Crippen molar-refractivity contribution >= 4 is 0 Å². The Morgan fingerprint density at radius 3 is 2.67 bits per heavy atom. The molecule has 1 heteroatoms. The molecule has 1 rings (SSSR count). The first-order chi connectivity index (χ1) is 7.13. The molecule has 84 valence electrons. The van der Waals surface area contributed by atoms with Crippen LogP contribution in [-0.4, -0.2) is 13.1 Å². The van der Waals surface area contributed by atoms with Crippen molar-refractivity contribution in [1.82, 2.24) is 5.32 Å². The van der Waals surface area contributed by atoms with E-state index in [1.807, 2.05) is 7.05 Å². The summed E-state index contributed by atoms with van der Waals surface area (Å²) in [5, 5.41) is 3.28. The van der Waals surface area contributed by atoms with Crippen LogP contribution in [0.4, 0.5) is 0 Å². The molecule has 1 N–H and O–H groups in total. The summed E-state index contributed by atoms with van der Waals surface area (Å²) in [6.07, 6.45) is 3.73. The molecule has 0 aliphatic heterocycles. The maximum absolute atomic E-state index is 3.28. The predicted molar refractivity (Wildman–Crippen MR) is 67.4 cm³/mol. The molecule has 1 aromatic carbocycles. The van der Waals surface area contributed by atoms with Crippen LogP contribution < -0.4 is 5.32 Å². The standard InChI is InChI=1S/C14H23N/c1-11-8-9-12(2)14(10-11)7-5-6-13(3)15-4/h8-10,13,15H,5-7H2,1-4H3. The van der Waals surface area contributed by atoms with Gasteiger partial charge in [-0.05, 0) is 58.2 Å². The van der Waals surface area contributed by atoms with Gasteiger partial charge in [-0.25, -0.2) is 0 Å². The molecular weight excluding hydrogens is 182 g/mol. The van der Waals surface area contributed by atoms with Gasteiger partial charge in [-0.3, -0.25) is 0 Å². The van der Waals surface area contributed by atoms with Gasteiger partial charge in [-0.1, -0.05) is 23.8 Å². The molecule has 1 unspecified atom stereocenters. The predicted octanol–water partition coefficient (Wildman–Crippen LogP) is 3.23. The summed E-state index contributed by atoms with van der Waals surface area (Å²) in [5.41, 5.74) is 4.31. The fraction of sp³-hybridized carbons (Fsp3) is 0.571. The van der Waals surface area contributed by atoms with Gasteiger partial charge in [0.05, 0.1) is 0 Å². The molecule has 0 saturated heterocycles. The van der Waals surface area contributed by atoms with E-state index in [0.29, 0.717) is 6.04 Å². The molecule has 0 aliphatic carbocycles. The lowest BCUT2D eigenvalue weighted by molar-refractivity contribution is 0.541. The summed E-state index contributed by atoms with van der Waals surface area (Å²) >= 11 is 0. The maximum atomic E-state index is 3.28. The summed E-state index contributed by atoms with van der Waals surface area (Å²) in [7, 11) is 2.03. The summed E-state index contributed by atoms with van der Waals surface area (Å²) in [6, 6.07) is 7.37. The van der Waals surface area contributed by atoms with Gasteiger partial charge >= 0.3 is 0 Å². The first kappa shape index (κ1) is 12.3. The highest BCUT2D eigenvalue weighted by molar-refractivity contribution is 5.30. The van der Waals surface area contributed by atoms with Crippen molar-refractivity contribution in [1.29, 1.82) is 0 Å². The zero-order chi connectivity index (χ0) is 11.3. The van der Waals surface area contributed by atoms with Crippen LogP contribution in [0, 0.1) is 13.8 Å². The Kier molecular flexibility index (Phi) is 4.83. The minimum atomic E-state index is 0.634. The third-order valence-electron chi connectivity index (χ3n) is 3.08. The summed E-state index contributed by atoms with van der Waals surface area (Å²) < 4.78 is 0. The molecule has 1 atom stereocenters. The third-order valence-corrected chi connectivity index (χ3v) is 3.08. The number of hydrogen-bond donors (Lipinski definition) is 1. The van der Waals surface area contributed by atoms with Gasteiger partial charge < -0.3 is 5.32 Å². The largest absolute Gasteiger partial charge is 0.317 e. The average molecular weight is 205 g/mol. The Hall–Kier alpha value is -0.820. The maximum Gasteiger partial charge on any atom is 0.00358 e. The summed E-state index contributed by atoms with van der Waals surface area (Å²) in [6.45, 7) is 6.61. The molecule has 0 spiro atoms. The Balaban J connectivity index is 2.46. The fourth-order valence-electron chi connectivity index (χ4n) is 1.81. The van der Waals surface area contributed by atoms with Crippen LogP contribution in [-0.2, 0) is 6.42 Å². The van der Waals surface area contributed by atoms with Crippen molar-refractivity contribution < 1.29 is 0 Å². The number of nitrogens with one attached hydrogen (secondary N) is 1. The quantitative estimate of drug-likeness (QED) is 0.778. The molecule has 0 fully saturated rings. The number of benzene rings is 1. The topological polar surface area (TPSA) is 12.0 Å². The van der Waals surface area contributed by atoms with E-state index in [1.54, 1.807) is 0 Å². The van der Waals surface area contributed by atoms with E-state index in [4.69, 9.17) is 0 Å². The number of hydrogen-bond acceptors (Lipinski definition) is 1. The van der Waals surface area contributed by atoms with Crippen LogP contribution in [0.15, 0.2) is 18.2 Å². The van der Waals surface area contributed by atoms with Crippen molar-refractivity contribution in [2.45, 2.75) is 46.1 Å². The van der Waals surface area contributed by atoms with Gasteiger partial charge in [-0.15, -0.1) is 0 Å². The summed E-state index contributed by atoms with van der Waals surface area (Å²) in [5.74, 6) is 0. The molecule has 0 heterocycles. The molecule has 1 aromatic rings. The van der Waals surface area contributed by atoms with Gasteiger partial charge in [0.25, 0.3) is 0 Å². The van der Waals surface area contributed by atoms with Gasteiger partial charge in [0.2, 0.25) is 0 Å². The SMILES string of the molecule is CNC(C)CCCc1cc(C)ccc1C. The van der Waals surface area contributed by atoms with Crippen molar-refractivity contribution in [2.75, 3.05) is 7.05 Å². The molecular formula is C14H23N. The van der Waals surface area contributed by atoms with Crippen LogP contribution in [0.5, 0.6) is 0 Å². The van der Waals surface area contributed by atoms with E-state index in [1.165, 1.54) is 36.0 Å². The molecule has 0 saturated carbocycles. The number of aryl methyl sites for hydroxylation is 3. The van der Waals surface area contributed by atoms with E-state index in [2.05, 4.69) is 44.3 Å². The molecule has 0 aromatic heterocycles. The second-order valence-corrected chi connectivity index (χ2v) is 4.51. The first-order valence-electron chi connectivity index (χ1n) is 5.87. The molecule has 0 radical (unpaired) electrons. The average Bonchev–Trinajstić information content (AvgIpc) is 2.23. The molecule has 0 aliphatic rings. The second kappa shape index (κ2) is 5.92. The molecule has 0 amide bonds. The highest BCUT2D eigenvalue weighted by atomic mass is 14.8. The lowest BCUT2D eigenvalue weighted by Gasteiger charge is -2.11. The Morgan fingerprint density at radius 2 is 2.00 bits per heavy atom. The Bertz CT molecular complexity index is 304. The minimum absolute atomic E-state index is 0.634. The molecule has 1 nitrogen and oxygen atoms in total. The zero-order valence-electron chi connectivity index (χ0n) is 10.4. The lowest BCUT2D eigenvalue weighted by atomic mass is 9.99. The molecule has 0 bridgehead atoms. The van der Waals surface area contributed by atoms with Crippen molar-refractivity contribution in [3.63, 3.8) is 0 Å². The number of rotatable bonds is 5. The van der Waals surface area contributed by atoms with Gasteiger partial charge in [0.1, 0.15) is 0 Å². The molecule has 15 heavy (non-hydrogen) atoms. The normalized spacial score (nSPS) is 12.8. The third kappa shape index (κ3) is 4.05. The summed E-state index contributed by atoms with van der Waals surface area (Å²) in [4.78, 5) is 0. The first-order valence-corrected chi connectivity index (χ1v) is 5.87. The van der Waals surface area contributed by atoms with Crippen LogP contribution in [0.25, 0.3) is 0 Å². The monoisotopic (exact) mass is 205 g/mol. The van der Waals surface area contributed by atoms with Crippen molar-refractivity contribution in [3.05, 3.63) is 34.9 Å². The lowest BCUT2D eigenvalue weighted by Crippen LogP contribution is -2.20. The van der Waals surface area contributed by atoms with Crippen molar-refractivity contribution in [3.8, 4) is 0 Å². The minimum Gasteiger partial charge on any atom is -0.317 e. The van der Waals surface area contributed by atoms with Crippen LogP contribution >= 0.6 is 0 Å². The van der Waals surface area contributed by atoms with Crippen LogP contribution in [0.3, 0.4) is 0 Å². The van der Waals surface area contributed by atoms with E-state index < -0.39 is 0 Å². The van der Waals surface area contributed by atoms with Crippen LogP contribution in [0.2, 0.25) is 0 Å². The second-order valence-electron chi connectivity index (χ2n) is 4.51. The van der Waals surface area contributed by atoms with Crippen LogP contribution in [0.1, 0.15) is 36.5 Å². The Morgan fingerprint density at radius 1 is 1.27 bits per heavy atom. The zero-order valence-corrected chi connectivity index (χ0v) is 10.4. The van der Waals surface area contributed by atoms with E-state index in [-0.39, 0.29) is 0 Å². The Labute approximate surface area is 93.9 Å². The van der Waals surface area contributed by atoms with Gasteiger partial charge in [0, 0.05) is 6.04 Å². The van der Waals surface area contributed by atoms with E-state index in [0.717, 1.165) is 0 Å². The smallest absolute Gasteiger partial charge is 0.00358 e. The van der Waals surface area contributed by atoms with Crippen molar-refractivity contribution in [2.24, 2.45) is 0 Å². The van der Waals surface area contributed by atoms with Gasteiger partial charge in [-0.2, -0.15) is 0 Å². The van der Waals surface area contributed by atoms with E-state index >= 15 is 0 Å².